The maximum absolute atomic E-state index is 13.0. The molecule has 0 aliphatic carbocycles. The van der Waals surface area contributed by atoms with E-state index in [1.807, 2.05) is 36.7 Å². The van der Waals surface area contributed by atoms with Crippen LogP contribution >= 0.6 is 11.8 Å². The molecular formula is C20H23N5O3S. The van der Waals surface area contributed by atoms with E-state index in [2.05, 4.69) is 11.1 Å². The van der Waals surface area contributed by atoms with Gasteiger partial charge in [0.15, 0.2) is 10.9 Å². The third kappa shape index (κ3) is 3.65. The minimum absolute atomic E-state index is 0.131. The Hall–Kier alpha value is -3.07. The SMILES string of the molecule is Cc1ccc(-n2ccnc2SC(C)C(=O)c2c(N)n(C)c(=O)n(C)c2=O)c(C)c1. The number of carbonyl (C=O) groups excluding carboxylic acids is 1. The first-order valence-corrected chi connectivity index (χ1v) is 9.88. The molecule has 0 radical (unpaired) electrons. The van der Waals surface area contributed by atoms with Crippen molar-refractivity contribution in [2.45, 2.75) is 31.2 Å². The third-order valence-electron chi connectivity index (χ3n) is 4.83. The zero-order valence-electron chi connectivity index (χ0n) is 17.0. The smallest absolute Gasteiger partial charge is 0.332 e. The van der Waals surface area contributed by atoms with Crippen molar-refractivity contribution in [3.8, 4) is 5.69 Å². The summed E-state index contributed by atoms with van der Waals surface area (Å²) in [4.78, 5) is 41.9. The van der Waals surface area contributed by atoms with E-state index in [1.54, 1.807) is 13.1 Å². The fraction of sp³-hybridized carbons (Fsp3) is 0.300. The largest absolute Gasteiger partial charge is 0.384 e. The number of aryl methyl sites for hydroxylation is 2. The molecule has 1 unspecified atom stereocenters. The van der Waals surface area contributed by atoms with Crippen LogP contribution in [0.15, 0.2) is 45.3 Å². The molecule has 2 aromatic heterocycles. The average molecular weight is 414 g/mol. The second-order valence-corrected chi connectivity index (χ2v) is 8.27. The van der Waals surface area contributed by atoms with Crippen LogP contribution < -0.4 is 17.0 Å². The first kappa shape index (κ1) is 20.7. The highest BCUT2D eigenvalue weighted by Crippen LogP contribution is 2.28. The van der Waals surface area contributed by atoms with Crippen molar-refractivity contribution in [3.05, 3.63) is 68.1 Å². The summed E-state index contributed by atoms with van der Waals surface area (Å²) < 4.78 is 3.89. The predicted octanol–water partition coefficient (Wildman–Crippen LogP) is 1.83. The number of benzene rings is 1. The predicted molar refractivity (Wildman–Crippen MR) is 114 cm³/mol. The highest BCUT2D eigenvalue weighted by atomic mass is 32.2. The Morgan fingerprint density at radius 1 is 1.17 bits per heavy atom. The van der Waals surface area contributed by atoms with Crippen LogP contribution in [0.3, 0.4) is 0 Å². The number of hydrogen-bond acceptors (Lipinski definition) is 6. The second kappa shape index (κ2) is 7.75. The van der Waals surface area contributed by atoms with Crippen LogP contribution in [0.2, 0.25) is 0 Å². The number of aromatic nitrogens is 4. The van der Waals surface area contributed by atoms with Crippen molar-refractivity contribution in [2.75, 3.05) is 5.73 Å². The van der Waals surface area contributed by atoms with Crippen LogP contribution in [-0.4, -0.2) is 29.7 Å². The minimum atomic E-state index is -0.694. The molecule has 8 nitrogen and oxygen atoms in total. The molecule has 1 aromatic carbocycles. The fourth-order valence-electron chi connectivity index (χ4n) is 3.14. The zero-order chi connectivity index (χ0) is 21.5. The molecule has 2 heterocycles. The Kier molecular flexibility index (Phi) is 5.52. The van der Waals surface area contributed by atoms with Crippen LogP contribution in [0.5, 0.6) is 0 Å². The van der Waals surface area contributed by atoms with Gasteiger partial charge in [-0.3, -0.25) is 23.3 Å². The van der Waals surface area contributed by atoms with E-state index in [1.165, 1.54) is 25.9 Å². The van der Waals surface area contributed by atoms with Crippen molar-refractivity contribution in [3.63, 3.8) is 0 Å². The number of imidazole rings is 1. The number of nitrogens with zero attached hydrogens (tertiary/aromatic N) is 4. The van der Waals surface area contributed by atoms with Gasteiger partial charge in [0, 0.05) is 26.5 Å². The molecule has 0 aliphatic rings. The molecule has 0 amide bonds. The Balaban J connectivity index is 1.96. The Morgan fingerprint density at radius 2 is 1.86 bits per heavy atom. The summed E-state index contributed by atoms with van der Waals surface area (Å²) in [6.45, 7) is 5.73. The van der Waals surface area contributed by atoms with Crippen molar-refractivity contribution in [1.29, 1.82) is 0 Å². The first-order valence-electron chi connectivity index (χ1n) is 9.00. The zero-order valence-corrected chi connectivity index (χ0v) is 17.8. The van der Waals surface area contributed by atoms with Gasteiger partial charge in [0.2, 0.25) is 0 Å². The van der Waals surface area contributed by atoms with Crippen LogP contribution in [0.4, 0.5) is 5.82 Å². The second-order valence-electron chi connectivity index (χ2n) is 6.96. The van der Waals surface area contributed by atoms with E-state index >= 15 is 0 Å². The summed E-state index contributed by atoms with van der Waals surface area (Å²) in [5.41, 5.74) is 7.68. The van der Waals surface area contributed by atoms with Crippen LogP contribution in [-0.2, 0) is 14.1 Å². The van der Waals surface area contributed by atoms with Crippen LogP contribution in [0, 0.1) is 13.8 Å². The molecular weight excluding hydrogens is 390 g/mol. The lowest BCUT2D eigenvalue weighted by atomic mass is 10.1. The lowest BCUT2D eigenvalue weighted by Crippen LogP contribution is -2.42. The number of ketones is 1. The molecule has 0 aliphatic heterocycles. The number of carbonyl (C=O) groups is 1. The number of thioether (sulfide) groups is 1. The molecule has 0 bridgehead atoms. The number of Topliss-reactive ketones (excluding diaryl/α,β-unsaturated/α-hetero) is 1. The molecule has 2 N–H and O–H groups in total. The topological polar surface area (TPSA) is 105 Å². The van der Waals surface area contributed by atoms with E-state index in [0.717, 1.165) is 25.9 Å². The van der Waals surface area contributed by atoms with E-state index in [9.17, 15) is 14.4 Å². The van der Waals surface area contributed by atoms with Gasteiger partial charge in [0.25, 0.3) is 5.56 Å². The standard InChI is InChI=1S/C20H23N5O3S/c1-11-6-7-14(12(2)10-11)25-9-8-22-19(25)29-13(3)16(26)15-17(21)23(4)20(28)24(5)18(15)27/h6-10,13H,21H2,1-5H3. The summed E-state index contributed by atoms with van der Waals surface area (Å²) in [5, 5.41) is -0.00701. The maximum atomic E-state index is 13.0. The highest BCUT2D eigenvalue weighted by molar-refractivity contribution is 8.00. The Labute approximate surface area is 172 Å². The summed E-state index contributed by atoms with van der Waals surface area (Å²) in [6.07, 6.45) is 3.50. The number of nitrogen functional groups attached to an aromatic ring is 1. The van der Waals surface area contributed by atoms with Gasteiger partial charge in [0.1, 0.15) is 11.4 Å². The van der Waals surface area contributed by atoms with Crippen LogP contribution in [0.1, 0.15) is 28.4 Å². The number of anilines is 1. The molecule has 0 saturated heterocycles. The van der Waals surface area contributed by atoms with Crippen molar-refractivity contribution in [2.24, 2.45) is 14.1 Å². The average Bonchev–Trinajstić information content (AvgIpc) is 3.12. The fourth-order valence-corrected chi connectivity index (χ4v) is 4.08. The number of nitrogens with two attached hydrogens (primary N) is 1. The normalized spacial score (nSPS) is 12.2. The molecule has 0 spiro atoms. The summed E-state index contributed by atoms with van der Waals surface area (Å²) >= 11 is 1.23. The number of rotatable bonds is 5. The van der Waals surface area contributed by atoms with E-state index in [4.69, 9.17) is 5.73 Å². The van der Waals surface area contributed by atoms with Gasteiger partial charge in [0.05, 0.1) is 10.9 Å². The Bertz CT molecular complexity index is 1220. The summed E-state index contributed by atoms with van der Waals surface area (Å²) in [7, 11) is 2.75. The van der Waals surface area contributed by atoms with Gasteiger partial charge in [-0.15, -0.1) is 0 Å². The highest BCUT2D eigenvalue weighted by Gasteiger charge is 2.26. The third-order valence-corrected chi connectivity index (χ3v) is 5.91. The molecule has 152 valence electrons. The quantitative estimate of drug-likeness (QED) is 0.505. The monoisotopic (exact) mass is 413 g/mol. The maximum Gasteiger partial charge on any atom is 0.332 e. The molecule has 0 saturated carbocycles. The van der Waals surface area contributed by atoms with Gasteiger partial charge >= 0.3 is 5.69 Å². The van der Waals surface area contributed by atoms with Crippen molar-refractivity contribution in [1.82, 2.24) is 18.7 Å². The minimum Gasteiger partial charge on any atom is -0.384 e. The molecule has 1 atom stereocenters. The molecule has 3 aromatic rings. The van der Waals surface area contributed by atoms with Crippen molar-refractivity contribution >= 4 is 23.4 Å². The summed E-state index contributed by atoms with van der Waals surface area (Å²) in [5.74, 6) is -0.577. The van der Waals surface area contributed by atoms with Crippen molar-refractivity contribution < 1.29 is 4.79 Å². The van der Waals surface area contributed by atoms with E-state index < -0.39 is 22.3 Å². The van der Waals surface area contributed by atoms with Gasteiger partial charge in [-0.2, -0.15) is 0 Å². The Morgan fingerprint density at radius 3 is 2.52 bits per heavy atom. The summed E-state index contributed by atoms with van der Waals surface area (Å²) in [6, 6.07) is 6.09. The van der Waals surface area contributed by atoms with Crippen LogP contribution in [0.25, 0.3) is 5.69 Å². The van der Waals surface area contributed by atoms with Gasteiger partial charge < -0.3 is 5.73 Å². The molecule has 9 heteroatoms. The van der Waals surface area contributed by atoms with Gasteiger partial charge in [-0.25, -0.2) is 9.78 Å². The first-order chi connectivity index (χ1) is 13.6. The van der Waals surface area contributed by atoms with E-state index in [-0.39, 0.29) is 11.4 Å². The molecule has 3 rings (SSSR count). The number of hydrogen-bond donors (Lipinski definition) is 1. The lowest BCUT2D eigenvalue weighted by Gasteiger charge is -2.16. The molecule has 0 fully saturated rings. The molecule has 29 heavy (non-hydrogen) atoms. The van der Waals surface area contributed by atoms with E-state index in [0.29, 0.717) is 5.16 Å². The lowest BCUT2D eigenvalue weighted by molar-refractivity contribution is 0.0992. The van der Waals surface area contributed by atoms with Gasteiger partial charge in [-0.1, -0.05) is 29.5 Å². The van der Waals surface area contributed by atoms with Gasteiger partial charge in [-0.05, 0) is 32.4 Å².